The summed E-state index contributed by atoms with van der Waals surface area (Å²) in [6.45, 7) is 0. The maximum atomic E-state index is 11.9. The van der Waals surface area contributed by atoms with Crippen molar-refractivity contribution in [3.63, 3.8) is 0 Å². The van der Waals surface area contributed by atoms with Gasteiger partial charge >= 0.3 is 5.97 Å². The standard InChI is InChI=1S/C14H12ClNO3S/c15-11-4-2-1-3-10(11)13(14(18)19)16-12(17)7-9-5-6-20-8-9/h1-6,8,13H,7H2,(H,16,17)(H,18,19)/t13-/m1/s1. The summed E-state index contributed by atoms with van der Waals surface area (Å²) in [6.07, 6.45) is 0.151. The molecule has 1 amide bonds. The fourth-order valence-electron chi connectivity index (χ4n) is 1.77. The van der Waals surface area contributed by atoms with Gasteiger partial charge in [0.05, 0.1) is 6.42 Å². The number of carbonyl (C=O) groups is 2. The van der Waals surface area contributed by atoms with Crippen molar-refractivity contribution in [1.82, 2.24) is 5.32 Å². The number of rotatable bonds is 5. The summed E-state index contributed by atoms with van der Waals surface area (Å²) in [4.78, 5) is 23.2. The molecule has 4 nitrogen and oxygen atoms in total. The molecule has 1 heterocycles. The zero-order chi connectivity index (χ0) is 14.5. The Kier molecular flexibility index (Phi) is 4.76. The highest BCUT2D eigenvalue weighted by atomic mass is 35.5. The van der Waals surface area contributed by atoms with Crippen LogP contribution in [0.1, 0.15) is 17.2 Å². The Morgan fingerprint density at radius 2 is 2.05 bits per heavy atom. The van der Waals surface area contributed by atoms with Crippen molar-refractivity contribution in [3.05, 3.63) is 57.2 Å². The number of hydrogen-bond donors (Lipinski definition) is 2. The predicted octanol–water partition coefficient (Wildman–Crippen LogP) is 2.89. The van der Waals surface area contributed by atoms with E-state index in [1.807, 2.05) is 16.8 Å². The molecule has 20 heavy (non-hydrogen) atoms. The Bertz CT molecular complexity index is 613. The summed E-state index contributed by atoms with van der Waals surface area (Å²) in [7, 11) is 0. The third-order valence-electron chi connectivity index (χ3n) is 2.71. The summed E-state index contributed by atoms with van der Waals surface area (Å²) in [6, 6.07) is 7.26. The molecule has 1 aromatic heterocycles. The monoisotopic (exact) mass is 309 g/mol. The van der Waals surface area contributed by atoms with Crippen LogP contribution in [0.2, 0.25) is 5.02 Å². The highest BCUT2D eigenvalue weighted by Crippen LogP contribution is 2.23. The number of carbonyl (C=O) groups excluding carboxylic acids is 1. The minimum absolute atomic E-state index is 0.151. The lowest BCUT2D eigenvalue weighted by molar-refractivity contribution is -0.141. The van der Waals surface area contributed by atoms with Crippen molar-refractivity contribution in [1.29, 1.82) is 0 Å². The van der Waals surface area contributed by atoms with E-state index < -0.39 is 12.0 Å². The van der Waals surface area contributed by atoms with E-state index in [1.54, 1.807) is 24.3 Å². The van der Waals surface area contributed by atoms with E-state index in [4.69, 9.17) is 11.6 Å². The van der Waals surface area contributed by atoms with E-state index in [1.165, 1.54) is 11.3 Å². The number of aliphatic carboxylic acids is 1. The van der Waals surface area contributed by atoms with Gasteiger partial charge in [0.15, 0.2) is 6.04 Å². The van der Waals surface area contributed by atoms with Gasteiger partial charge in [0.2, 0.25) is 5.91 Å². The molecule has 1 aromatic carbocycles. The number of halogens is 1. The zero-order valence-electron chi connectivity index (χ0n) is 10.4. The summed E-state index contributed by atoms with van der Waals surface area (Å²) in [5.74, 6) is -1.49. The maximum absolute atomic E-state index is 11.9. The molecule has 2 N–H and O–H groups in total. The quantitative estimate of drug-likeness (QED) is 0.892. The summed E-state index contributed by atoms with van der Waals surface area (Å²) in [5, 5.41) is 15.8. The Balaban J connectivity index is 2.12. The number of carboxylic acids is 1. The molecular formula is C14H12ClNO3S. The number of amides is 1. The van der Waals surface area contributed by atoms with E-state index in [0.29, 0.717) is 10.6 Å². The van der Waals surface area contributed by atoms with Crippen LogP contribution in [0.25, 0.3) is 0 Å². The van der Waals surface area contributed by atoms with Crippen molar-refractivity contribution in [2.75, 3.05) is 0 Å². The van der Waals surface area contributed by atoms with Crippen molar-refractivity contribution >= 4 is 34.8 Å². The number of thiophene rings is 1. The molecule has 0 fully saturated rings. The second-order valence-electron chi connectivity index (χ2n) is 4.17. The van der Waals surface area contributed by atoms with Gasteiger partial charge in [-0.3, -0.25) is 4.79 Å². The highest BCUT2D eigenvalue weighted by molar-refractivity contribution is 7.08. The molecule has 2 rings (SSSR count). The van der Waals surface area contributed by atoms with E-state index in [9.17, 15) is 14.7 Å². The molecule has 0 saturated carbocycles. The molecule has 0 aliphatic heterocycles. The molecule has 0 spiro atoms. The Morgan fingerprint density at radius 1 is 1.30 bits per heavy atom. The van der Waals surface area contributed by atoms with Crippen LogP contribution >= 0.6 is 22.9 Å². The van der Waals surface area contributed by atoms with Gasteiger partial charge in [-0.1, -0.05) is 29.8 Å². The van der Waals surface area contributed by atoms with Gasteiger partial charge in [0.1, 0.15) is 0 Å². The van der Waals surface area contributed by atoms with Gasteiger partial charge in [-0.25, -0.2) is 4.79 Å². The lowest BCUT2D eigenvalue weighted by atomic mass is 10.1. The van der Waals surface area contributed by atoms with Crippen molar-refractivity contribution in [2.24, 2.45) is 0 Å². The lowest BCUT2D eigenvalue weighted by Gasteiger charge is -2.16. The van der Waals surface area contributed by atoms with Crippen molar-refractivity contribution in [2.45, 2.75) is 12.5 Å². The lowest BCUT2D eigenvalue weighted by Crippen LogP contribution is -2.34. The normalized spacial score (nSPS) is 11.8. The molecule has 0 bridgehead atoms. The van der Waals surface area contributed by atoms with Gasteiger partial charge in [0.25, 0.3) is 0 Å². The first-order valence-electron chi connectivity index (χ1n) is 5.85. The van der Waals surface area contributed by atoms with Crippen LogP contribution in [0.4, 0.5) is 0 Å². The van der Waals surface area contributed by atoms with Crippen LogP contribution in [-0.4, -0.2) is 17.0 Å². The number of carboxylic acid groups (broad SMARTS) is 1. The van der Waals surface area contributed by atoms with Crippen LogP contribution in [0.15, 0.2) is 41.1 Å². The van der Waals surface area contributed by atoms with Crippen LogP contribution in [0.3, 0.4) is 0 Å². The molecule has 2 aromatic rings. The second kappa shape index (κ2) is 6.54. The molecular weight excluding hydrogens is 298 g/mol. The minimum atomic E-state index is -1.14. The minimum Gasteiger partial charge on any atom is -0.479 e. The van der Waals surface area contributed by atoms with Gasteiger partial charge in [-0.15, -0.1) is 0 Å². The van der Waals surface area contributed by atoms with Gasteiger partial charge < -0.3 is 10.4 Å². The fourth-order valence-corrected chi connectivity index (χ4v) is 2.69. The smallest absolute Gasteiger partial charge is 0.330 e. The van der Waals surface area contributed by atoms with E-state index in [0.717, 1.165) is 5.56 Å². The van der Waals surface area contributed by atoms with E-state index in [2.05, 4.69) is 5.32 Å². The molecule has 6 heteroatoms. The number of hydrogen-bond acceptors (Lipinski definition) is 3. The summed E-state index contributed by atoms with van der Waals surface area (Å²) in [5.41, 5.74) is 1.23. The molecule has 104 valence electrons. The number of nitrogens with one attached hydrogen (secondary N) is 1. The number of benzene rings is 1. The first-order chi connectivity index (χ1) is 9.58. The molecule has 0 aliphatic carbocycles. The van der Waals surface area contributed by atoms with E-state index in [-0.39, 0.29) is 12.3 Å². The van der Waals surface area contributed by atoms with E-state index >= 15 is 0 Å². The topological polar surface area (TPSA) is 66.4 Å². The van der Waals surface area contributed by atoms with Gasteiger partial charge in [-0.05, 0) is 28.5 Å². The van der Waals surface area contributed by atoms with Crippen molar-refractivity contribution in [3.8, 4) is 0 Å². The first kappa shape index (κ1) is 14.6. The Labute approximate surface area is 125 Å². The third-order valence-corrected chi connectivity index (χ3v) is 3.79. The molecule has 1 atom stereocenters. The highest BCUT2D eigenvalue weighted by Gasteiger charge is 2.24. The Hall–Kier alpha value is -1.85. The SMILES string of the molecule is O=C(Cc1ccsc1)N[C@@H](C(=O)O)c1ccccc1Cl. The second-order valence-corrected chi connectivity index (χ2v) is 5.36. The first-order valence-corrected chi connectivity index (χ1v) is 7.17. The van der Waals surface area contributed by atoms with Gasteiger partial charge in [-0.2, -0.15) is 11.3 Å². The summed E-state index contributed by atoms with van der Waals surface area (Å²) < 4.78 is 0. The van der Waals surface area contributed by atoms with Crippen LogP contribution < -0.4 is 5.32 Å². The van der Waals surface area contributed by atoms with Crippen molar-refractivity contribution < 1.29 is 14.7 Å². The van der Waals surface area contributed by atoms with Gasteiger partial charge in [0, 0.05) is 10.6 Å². The average Bonchev–Trinajstić information content (AvgIpc) is 2.89. The maximum Gasteiger partial charge on any atom is 0.330 e. The van der Waals surface area contributed by atoms with Crippen LogP contribution in [0.5, 0.6) is 0 Å². The average molecular weight is 310 g/mol. The third kappa shape index (κ3) is 3.59. The van der Waals surface area contributed by atoms with Crippen LogP contribution in [-0.2, 0) is 16.0 Å². The summed E-state index contributed by atoms with van der Waals surface area (Å²) >= 11 is 7.46. The zero-order valence-corrected chi connectivity index (χ0v) is 11.9. The fraction of sp³-hybridized carbons (Fsp3) is 0.143. The molecule has 0 saturated heterocycles. The Morgan fingerprint density at radius 3 is 2.65 bits per heavy atom. The molecule has 0 radical (unpaired) electrons. The largest absolute Gasteiger partial charge is 0.479 e. The predicted molar refractivity (Wildman–Crippen MR) is 78.0 cm³/mol. The molecule has 0 aliphatic rings. The van der Waals surface area contributed by atoms with Crippen LogP contribution in [0, 0.1) is 0 Å². The molecule has 0 unspecified atom stereocenters.